The van der Waals surface area contributed by atoms with Gasteiger partial charge in [-0.15, -0.1) is 11.8 Å². The quantitative estimate of drug-likeness (QED) is 0.783. The maximum atomic E-state index is 12.0. The SMILES string of the molecule is CSc1ccn(C(=O)NC2CC3CC2CN3)c1. The van der Waals surface area contributed by atoms with Crippen molar-refractivity contribution in [3.63, 3.8) is 0 Å². The van der Waals surface area contributed by atoms with E-state index in [4.69, 9.17) is 0 Å². The van der Waals surface area contributed by atoms with Crippen LogP contribution < -0.4 is 10.6 Å². The number of rotatable bonds is 2. The Morgan fingerprint density at radius 3 is 3.06 bits per heavy atom. The molecular formula is C12H17N3OS. The second-order valence-corrected chi connectivity index (χ2v) is 5.73. The lowest BCUT2D eigenvalue weighted by Gasteiger charge is -2.23. The molecule has 1 aromatic heterocycles. The first-order valence-electron chi connectivity index (χ1n) is 6.02. The summed E-state index contributed by atoms with van der Waals surface area (Å²) in [5.41, 5.74) is 0. The lowest BCUT2D eigenvalue weighted by atomic mass is 10.0. The lowest BCUT2D eigenvalue weighted by molar-refractivity contribution is 0.233. The first kappa shape index (κ1) is 11.2. The molecular weight excluding hydrogens is 234 g/mol. The van der Waals surface area contributed by atoms with Crippen molar-refractivity contribution in [2.45, 2.75) is 29.8 Å². The fourth-order valence-corrected chi connectivity index (χ4v) is 3.29. The van der Waals surface area contributed by atoms with Crippen molar-refractivity contribution in [1.29, 1.82) is 0 Å². The predicted molar refractivity (Wildman–Crippen MR) is 68.4 cm³/mol. The second-order valence-electron chi connectivity index (χ2n) is 4.85. The number of thioether (sulfide) groups is 1. The summed E-state index contributed by atoms with van der Waals surface area (Å²) in [7, 11) is 0. The molecule has 2 aliphatic rings. The third-order valence-corrected chi connectivity index (χ3v) is 4.52. The number of aromatic nitrogens is 1. The molecule has 2 N–H and O–H groups in total. The average molecular weight is 251 g/mol. The van der Waals surface area contributed by atoms with Crippen molar-refractivity contribution in [3.05, 3.63) is 18.5 Å². The van der Waals surface area contributed by atoms with E-state index in [1.54, 1.807) is 16.3 Å². The summed E-state index contributed by atoms with van der Waals surface area (Å²) in [6.45, 7) is 1.05. The zero-order valence-corrected chi connectivity index (χ0v) is 10.7. The van der Waals surface area contributed by atoms with Crippen LogP contribution in [-0.4, -0.2) is 35.5 Å². The summed E-state index contributed by atoms with van der Waals surface area (Å²) >= 11 is 1.65. The van der Waals surface area contributed by atoms with Crippen LogP contribution in [0.1, 0.15) is 12.8 Å². The van der Waals surface area contributed by atoms with Crippen LogP contribution in [-0.2, 0) is 0 Å². The highest BCUT2D eigenvalue weighted by atomic mass is 32.2. The van der Waals surface area contributed by atoms with Gasteiger partial charge in [0, 0.05) is 35.9 Å². The number of carbonyl (C=O) groups excluding carboxylic acids is 1. The van der Waals surface area contributed by atoms with Crippen molar-refractivity contribution in [3.8, 4) is 0 Å². The van der Waals surface area contributed by atoms with E-state index in [-0.39, 0.29) is 6.03 Å². The summed E-state index contributed by atoms with van der Waals surface area (Å²) in [5.74, 6) is 0.625. The minimum atomic E-state index is 0.00264. The van der Waals surface area contributed by atoms with Crippen molar-refractivity contribution in [2.75, 3.05) is 12.8 Å². The fraction of sp³-hybridized carbons (Fsp3) is 0.583. The number of amides is 1. The lowest BCUT2D eigenvalue weighted by Crippen LogP contribution is -2.45. The molecule has 1 aliphatic carbocycles. The summed E-state index contributed by atoms with van der Waals surface area (Å²) < 4.78 is 1.64. The van der Waals surface area contributed by atoms with Gasteiger partial charge in [0.15, 0.2) is 0 Å². The van der Waals surface area contributed by atoms with Gasteiger partial charge in [-0.05, 0) is 31.1 Å². The van der Waals surface area contributed by atoms with E-state index in [2.05, 4.69) is 10.6 Å². The molecule has 2 fully saturated rings. The van der Waals surface area contributed by atoms with Gasteiger partial charge in [0.05, 0.1) is 0 Å². The highest BCUT2D eigenvalue weighted by molar-refractivity contribution is 7.98. The van der Waals surface area contributed by atoms with Crippen LogP contribution in [0.15, 0.2) is 23.4 Å². The van der Waals surface area contributed by atoms with Gasteiger partial charge in [-0.3, -0.25) is 4.57 Å². The number of hydrogen-bond acceptors (Lipinski definition) is 3. The van der Waals surface area contributed by atoms with Crippen molar-refractivity contribution >= 4 is 17.8 Å². The van der Waals surface area contributed by atoms with E-state index < -0.39 is 0 Å². The molecule has 4 nitrogen and oxygen atoms in total. The van der Waals surface area contributed by atoms with E-state index in [1.807, 2.05) is 24.7 Å². The van der Waals surface area contributed by atoms with Crippen LogP contribution in [0, 0.1) is 5.92 Å². The minimum Gasteiger partial charge on any atom is -0.334 e. The maximum absolute atomic E-state index is 12.0. The Morgan fingerprint density at radius 2 is 2.47 bits per heavy atom. The second kappa shape index (κ2) is 4.38. The molecule has 5 heteroatoms. The smallest absolute Gasteiger partial charge is 0.325 e. The molecule has 2 bridgehead atoms. The number of fused-ring (bicyclic) bond motifs is 2. The fourth-order valence-electron chi connectivity index (χ4n) is 2.87. The molecule has 3 atom stereocenters. The largest absolute Gasteiger partial charge is 0.334 e. The number of hydrogen-bond donors (Lipinski definition) is 2. The van der Waals surface area contributed by atoms with Crippen LogP contribution in [0.3, 0.4) is 0 Å². The van der Waals surface area contributed by atoms with Gasteiger partial charge in [0.25, 0.3) is 0 Å². The first-order chi connectivity index (χ1) is 8.26. The molecule has 17 heavy (non-hydrogen) atoms. The highest BCUT2D eigenvalue weighted by Gasteiger charge is 2.40. The Bertz CT molecular complexity index is 431. The van der Waals surface area contributed by atoms with Gasteiger partial charge in [0.2, 0.25) is 0 Å². The molecule has 0 radical (unpaired) electrons. The van der Waals surface area contributed by atoms with Crippen LogP contribution in [0.2, 0.25) is 0 Å². The number of nitrogens with zero attached hydrogens (tertiary/aromatic N) is 1. The molecule has 3 unspecified atom stereocenters. The Morgan fingerprint density at radius 1 is 1.59 bits per heavy atom. The standard InChI is InChI=1S/C12H17N3OS/c1-17-10-2-3-15(7-10)12(16)14-11-5-9-4-8(11)6-13-9/h2-3,7-9,11,13H,4-6H2,1H3,(H,14,16). The van der Waals surface area contributed by atoms with Crippen LogP contribution in [0.4, 0.5) is 4.79 Å². The molecule has 92 valence electrons. The minimum absolute atomic E-state index is 0.00264. The van der Waals surface area contributed by atoms with Gasteiger partial charge in [-0.2, -0.15) is 0 Å². The van der Waals surface area contributed by atoms with Crippen molar-refractivity contribution in [2.24, 2.45) is 5.92 Å². The molecule has 1 aliphatic heterocycles. The Labute approximate surface area is 105 Å². The zero-order valence-electron chi connectivity index (χ0n) is 9.85. The van der Waals surface area contributed by atoms with E-state index in [1.165, 1.54) is 6.42 Å². The first-order valence-corrected chi connectivity index (χ1v) is 7.25. The molecule has 0 spiro atoms. The molecule has 1 amide bonds. The summed E-state index contributed by atoms with van der Waals surface area (Å²) in [5, 5.41) is 6.59. The van der Waals surface area contributed by atoms with Gasteiger partial charge in [-0.25, -0.2) is 4.79 Å². The molecule has 1 saturated carbocycles. The van der Waals surface area contributed by atoms with E-state index >= 15 is 0 Å². The molecule has 3 rings (SSSR count). The van der Waals surface area contributed by atoms with Gasteiger partial charge >= 0.3 is 6.03 Å². The number of piperidine rings is 1. The Balaban J connectivity index is 1.63. The van der Waals surface area contributed by atoms with Gasteiger partial charge in [0.1, 0.15) is 0 Å². The number of carbonyl (C=O) groups is 1. The number of nitrogens with one attached hydrogen (secondary N) is 2. The topological polar surface area (TPSA) is 46.1 Å². The third-order valence-electron chi connectivity index (χ3n) is 3.81. The maximum Gasteiger partial charge on any atom is 0.325 e. The molecule has 1 saturated heterocycles. The highest BCUT2D eigenvalue weighted by Crippen LogP contribution is 2.31. The molecule has 2 heterocycles. The Kier molecular flexibility index (Phi) is 2.88. The van der Waals surface area contributed by atoms with Gasteiger partial charge in [-0.1, -0.05) is 0 Å². The summed E-state index contributed by atoms with van der Waals surface area (Å²) in [4.78, 5) is 13.1. The van der Waals surface area contributed by atoms with E-state index in [9.17, 15) is 4.79 Å². The monoisotopic (exact) mass is 251 g/mol. The summed E-state index contributed by atoms with van der Waals surface area (Å²) in [6, 6.07) is 2.94. The van der Waals surface area contributed by atoms with Crippen molar-refractivity contribution in [1.82, 2.24) is 15.2 Å². The van der Waals surface area contributed by atoms with Gasteiger partial charge < -0.3 is 10.6 Å². The average Bonchev–Trinajstić information content (AvgIpc) is 3.04. The predicted octanol–water partition coefficient (Wildman–Crippen LogP) is 1.52. The van der Waals surface area contributed by atoms with Crippen LogP contribution >= 0.6 is 11.8 Å². The summed E-state index contributed by atoms with van der Waals surface area (Å²) in [6.07, 6.45) is 8.01. The third kappa shape index (κ3) is 2.09. The molecule has 1 aromatic rings. The van der Waals surface area contributed by atoms with Crippen LogP contribution in [0.25, 0.3) is 0 Å². The Hall–Kier alpha value is -0.940. The van der Waals surface area contributed by atoms with Crippen molar-refractivity contribution < 1.29 is 4.79 Å². The van der Waals surface area contributed by atoms with Crippen LogP contribution in [0.5, 0.6) is 0 Å². The normalized spacial score (nSPS) is 30.8. The zero-order chi connectivity index (χ0) is 11.8. The molecule has 0 aromatic carbocycles. The van der Waals surface area contributed by atoms with E-state index in [0.717, 1.165) is 17.9 Å². The van der Waals surface area contributed by atoms with E-state index in [0.29, 0.717) is 18.0 Å².